The number of carbonyl (C=O) groups is 2. The molecule has 4 aromatic rings. The van der Waals surface area contributed by atoms with Gasteiger partial charge in [-0.05, 0) is 19.9 Å². The Morgan fingerprint density at radius 3 is 2.58 bits per heavy atom. The maximum Gasteiger partial charge on any atom is 0.269 e. The summed E-state index contributed by atoms with van der Waals surface area (Å²) in [5.41, 5.74) is 3.49. The van der Waals surface area contributed by atoms with E-state index in [1.807, 2.05) is 62.4 Å². The van der Waals surface area contributed by atoms with Crippen LogP contribution in [-0.4, -0.2) is 45.0 Å². The maximum absolute atomic E-state index is 15.1. The molecule has 3 heterocycles. The fraction of sp³-hybridized carbons (Fsp3) is 0.179. The number of nitrogens with one attached hydrogen (secondary N) is 3. The number of para-hydroxylation sites is 1. The van der Waals surface area contributed by atoms with Crippen molar-refractivity contribution in [1.82, 2.24) is 20.1 Å². The minimum absolute atomic E-state index is 0.0117. The quantitative estimate of drug-likeness (QED) is 0.346. The molecule has 3 N–H and O–H groups in total. The molecule has 1 aliphatic rings. The van der Waals surface area contributed by atoms with Gasteiger partial charge < -0.3 is 16.0 Å². The number of halogens is 1. The van der Waals surface area contributed by atoms with Crippen LogP contribution < -0.4 is 16.0 Å². The van der Waals surface area contributed by atoms with E-state index in [4.69, 9.17) is 0 Å². The number of rotatable bonds is 7. The predicted octanol–water partition coefficient (Wildman–Crippen LogP) is 4.08. The molecule has 0 radical (unpaired) electrons. The SMILES string of the molecule is CCNc1cnc(-c2c(C(=O)NC3N=C(c4ccccc4)c4ccccc4NC3=O)cnn2CC)c(F)c1. The van der Waals surface area contributed by atoms with E-state index < -0.39 is 23.8 Å². The van der Waals surface area contributed by atoms with Crippen LogP contribution in [0.15, 0.2) is 78.0 Å². The molecule has 0 fully saturated rings. The van der Waals surface area contributed by atoms with Crippen molar-refractivity contribution in [2.24, 2.45) is 4.99 Å². The van der Waals surface area contributed by atoms with E-state index >= 15 is 4.39 Å². The average Bonchev–Trinajstić information content (AvgIpc) is 3.30. The number of pyridine rings is 1. The molecule has 38 heavy (non-hydrogen) atoms. The van der Waals surface area contributed by atoms with E-state index in [1.165, 1.54) is 23.1 Å². The second-order valence-corrected chi connectivity index (χ2v) is 8.56. The number of aliphatic imine (C=N–C) groups is 1. The van der Waals surface area contributed by atoms with E-state index in [0.717, 1.165) is 11.1 Å². The predicted molar refractivity (Wildman–Crippen MR) is 144 cm³/mol. The highest BCUT2D eigenvalue weighted by atomic mass is 19.1. The number of hydrogen-bond donors (Lipinski definition) is 3. The summed E-state index contributed by atoms with van der Waals surface area (Å²) in [5.74, 6) is -1.72. The van der Waals surface area contributed by atoms with Crippen molar-refractivity contribution in [3.05, 3.63) is 95.6 Å². The molecule has 2 aromatic heterocycles. The number of hydrogen-bond acceptors (Lipinski definition) is 6. The van der Waals surface area contributed by atoms with Crippen LogP contribution in [0.1, 0.15) is 35.3 Å². The topological polar surface area (TPSA) is 113 Å². The van der Waals surface area contributed by atoms with Gasteiger partial charge in [0.25, 0.3) is 11.8 Å². The lowest BCUT2D eigenvalue weighted by Crippen LogP contribution is -2.42. The molecular weight excluding hydrogens is 485 g/mol. The zero-order chi connectivity index (χ0) is 26.6. The Morgan fingerprint density at radius 2 is 1.84 bits per heavy atom. The van der Waals surface area contributed by atoms with Gasteiger partial charge in [-0.25, -0.2) is 14.4 Å². The van der Waals surface area contributed by atoms with Crippen LogP contribution in [0.4, 0.5) is 15.8 Å². The van der Waals surface area contributed by atoms with Crippen molar-refractivity contribution in [3.8, 4) is 11.4 Å². The Balaban J connectivity index is 1.52. The molecule has 0 spiro atoms. The van der Waals surface area contributed by atoms with Gasteiger partial charge in [0.15, 0.2) is 5.82 Å². The number of nitrogens with zero attached hydrogens (tertiary/aromatic N) is 4. The van der Waals surface area contributed by atoms with E-state index in [2.05, 4.69) is 31.0 Å². The van der Waals surface area contributed by atoms with Crippen LogP contribution in [0.25, 0.3) is 11.4 Å². The first-order valence-electron chi connectivity index (χ1n) is 12.3. The molecule has 0 aliphatic carbocycles. The van der Waals surface area contributed by atoms with Crippen LogP contribution in [0.2, 0.25) is 0 Å². The first kappa shape index (κ1) is 24.8. The minimum Gasteiger partial charge on any atom is -0.384 e. The van der Waals surface area contributed by atoms with Gasteiger partial charge >= 0.3 is 0 Å². The van der Waals surface area contributed by atoms with Crippen LogP contribution in [0.5, 0.6) is 0 Å². The monoisotopic (exact) mass is 511 g/mol. The zero-order valence-corrected chi connectivity index (χ0v) is 20.9. The van der Waals surface area contributed by atoms with E-state index in [-0.39, 0.29) is 17.0 Å². The Hall–Kier alpha value is -4.86. The number of aryl methyl sites for hydroxylation is 1. The lowest BCUT2D eigenvalue weighted by atomic mass is 10.0. The van der Waals surface area contributed by atoms with Crippen molar-refractivity contribution in [1.29, 1.82) is 0 Å². The van der Waals surface area contributed by atoms with E-state index in [0.29, 0.717) is 30.2 Å². The highest BCUT2D eigenvalue weighted by Crippen LogP contribution is 2.27. The number of anilines is 2. The standard InChI is InChI=1S/C28H26FN7O2/c1-3-30-18-14-21(29)24(31-15-18)25-20(16-32-36(25)4-2)27(37)35-26-28(38)33-22-13-9-8-12-19(22)23(34-26)17-10-6-5-7-11-17/h5-16,26,30H,3-4H2,1-2H3,(H,33,38)(H,35,37). The van der Waals surface area contributed by atoms with Gasteiger partial charge in [-0.15, -0.1) is 0 Å². The number of benzene rings is 2. The second-order valence-electron chi connectivity index (χ2n) is 8.56. The fourth-order valence-electron chi connectivity index (χ4n) is 4.34. The van der Waals surface area contributed by atoms with Gasteiger partial charge in [0.2, 0.25) is 6.17 Å². The van der Waals surface area contributed by atoms with Crippen molar-refractivity contribution in [2.45, 2.75) is 26.6 Å². The van der Waals surface area contributed by atoms with Gasteiger partial charge in [0.1, 0.15) is 11.4 Å². The summed E-state index contributed by atoms with van der Waals surface area (Å²) in [6, 6.07) is 18.1. The Morgan fingerprint density at radius 1 is 1.08 bits per heavy atom. The van der Waals surface area contributed by atoms with E-state index in [1.54, 1.807) is 6.07 Å². The molecule has 2 amide bonds. The Kier molecular flexibility index (Phi) is 6.94. The molecule has 2 aromatic carbocycles. The van der Waals surface area contributed by atoms with Gasteiger partial charge in [0.05, 0.1) is 35.0 Å². The lowest BCUT2D eigenvalue weighted by Gasteiger charge is -2.14. The summed E-state index contributed by atoms with van der Waals surface area (Å²) in [6.45, 7) is 4.72. The zero-order valence-electron chi connectivity index (χ0n) is 20.9. The van der Waals surface area contributed by atoms with Crippen molar-refractivity contribution in [2.75, 3.05) is 17.2 Å². The third kappa shape index (κ3) is 4.75. The van der Waals surface area contributed by atoms with Crippen molar-refractivity contribution in [3.63, 3.8) is 0 Å². The summed E-state index contributed by atoms with van der Waals surface area (Å²) in [7, 11) is 0. The van der Waals surface area contributed by atoms with Crippen LogP contribution in [0.3, 0.4) is 0 Å². The molecule has 1 atom stereocenters. The van der Waals surface area contributed by atoms with Crippen molar-refractivity contribution >= 4 is 28.9 Å². The number of fused-ring (bicyclic) bond motifs is 1. The van der Waals surface area contributed by atoms with Gasteiger partial charge in [-0.3, -0.25) is 14.3 Å². The third-order valence-corrected chi connectivity index (χ3v) is 6.09. The second kappa shape index (κ2) is 10.6. The molecule has 192 valence electrons. The van der Waals surface area contributed by atoms with Crippen molar-refractivity contribution < 1.29 is 14.0 Å². The van der Waals surface area contributed by atoms with Gasteiger partial charge in [-0.1, -0.05) is 48.5 Å². The molecule has 1 unspecified atom stereocenters. The summed E-state index contributed by atoms with van der Waals surface area (Å²) in [4.78, 5) is 35.6. The van der Waals surface area contributed by atoms with Gasteiger partial charge in [-0.2, -0.15) is 5.10 Å². The molecule has 5 rings (SSSR count). The number of amides is 2. The molecule has 0 saturated carbocycles. The summed E-state index contributed by atoms with van der Waals surface area (Å²) >= 11 is 0. The first-order chi connectivity index (χ1) is 18.5. The summed E-state index contributed by atoms with van der Waals surface area (Å²) in [5, 5.41) is 12.8. The van der Waals surface area contributed by atoms with Crippen LogP contribution in [0, 0.1) is 5.82 Å². The minimum atomic E-state index is -1.24. The Bertz CT molecular complexity index is 1530. The third-order valence-electron chi connectivity index (χ3n) is 6.09. The largest absolute Gasteiger partial charge is 0.384 e. The molecular formula is C28H26FN7O2. The molecule has 1 aliphatic heterocycles. The molecule has 0 bridgehead atoms. The van der Waals surface area contributed by atoms with Crippen LogP contribution >= 0.6 is 0 Å². The Labute approximate surface area is 218 Å². The summed E-state index contributed by atoms with van der Waals surface area (Å²) in [6.07, 6.45) is 1.61. The average molecular weight is 512 g/mol. The smallest absolute Gasteiger partial charge is 0.269 e. The number of aromatic nitrogens is 3. The lowest BCUT2D eigenvalue weighted by molar-refractivity contribution is -0.117. The number of benzodiazepines with no additional fused rings is 1. The highest BCUT2D eigenvalue weighted by Gasteiger charge is 2.30. The maximum atomic E-state index is 15.1. The molecule has 9 nitrogen and oxygen atoms in total. The molecule has 0 saturated heterocycles. The van der Waals surface area contributed by atoms with Gasteiger partial charge in [0, 0.05) is 30.3 Å². The summed E-state index contributed by atoms with van der Waals surface area (Å²) < 4.78 is 16.6. The number of carbonyl (C=O) groups excluding carboxylic acids is 2. The van der Waals surface area contributed by atoms with Crippen LogP contribution in [-0.2, 0) is 11.3 Å². The van der Waals surface area contributed by atoms with E-state index in [9.17, 15) is 9.59 Å². The normalized spacial score (nSPS) is 14.7. The molecule has 10 heteroatoms. The highest BCUT2D eigenvalue weighted by molar-refractivity contribution is 6.20. The first-order valence-corrected chi connectivity index (χ1v) is 12.3. The fourth-order valence-corrected chi connectivity index (χ4v) is 4.34.